The predicted molar refractivity (Wildman–Crippen MR) is 92.7 cm³/mol. The Morgan fingerprint density at radius 1 is 1.04 bits per heavy atom. The Labute approximate surface area is 138 Å². The van der Waals surface area contributed by atoms with E-state index in [9.17, 15) is 4.79 Å². The molecule has 0 saturated carbocycles. The molecule has 0 aliphatic heterocycles. The topological polar surface area (TPSA) is 59.8 Å². The minimum Gasteiger partial charge on any atom is -0.359 e. The fourth-order valence-electron chi connectivity index (χ4n) is 2.42. The lowest BCUT2D eigenvalue weighted by atomic mass is 10.0. The lowest BCUT2D eigenvalue weighted by Gasteiger charge is -2.14. The van der Waals surface area contributed by atoms with E-state index in [-0.39, 0.29) is 5.56 Å². The van der Waals surface area contributed by atoms with Gasteiger partial charge in [0, 0.05) is 37.1 Å². The largest absolute Gasteiger partial charge is 0.359 e. The molecule has 5 nitrogen and oxygen atoms in total. The summed E-state index contributed by atoms with van der Waals surface area (Å²) in [5.74, 6) is 0.500. The van der Waals surface area contributed by atoms with Gasteiger partial charge in [0.2, 0.25) is 5.95 Å². The van der Waals surface area contributed by atoms with Gasteiger partial charge < -0.3 is 5.32 Å². The lowest BCUT2D eigenvalue weighted by Crippen LogP contribution is -2.24. The lowest BCUT2D eigenvalue weighted by molar-refractivity contribution is 0.839. The molecule has 1 N–H and O–H groups in total. The van der Waals surface area contributed by atoms with Crippen LogP contribution in [0.15, 0.2) is 53.6 Å². The highest BCUT2D eigenvalue weighted by Gasteiger charge is 2.17. The Balaban J connectivity index is 2.35. The monoisotopic (exact) mass is 326 g/mol. The van der Waals surface area contributed by atoms with Gasteiger partial charge in [-0.2, -0.15) is 0 Å². The van der Waals surface area contributed by atoms with Gasteiger partial charge in [-0.3, -0.25) is 14.3 Å². The van der Waals surface area contributed by atoms with Gasteiger partial charge in [-0.1, -0.05) is 23.7 Å². The van der Waals surface area contributed by atoms with Crippen LogP contribution in [0.4, 0.5) is 5.95 Å². The Morgan fingerprint density at radius 2 is 1.70 bits per heavy atom. The van der Waals surface area contributed by atoms with Crippen LogP contribution in [-0.4, -0.2) is 21.6 Å². The molecule has 23 heavy (non-hydrogen) atoms. The van der Waals surface area contributed by atoms with E-state index >= 15 is 0 Å². The van der Waals surface area contributed by atoms with Crippen molar-refractivity contribution in [3.05, 3.63) is 64.2 Å². The molecule has 0 saturated heterocycles. The van der Waals surface area contributed by atoms with Crippen molar-refractivity contribution < 1.29 is 0 Å². The second kappa shape index (κ2) is 6.22. The Kier molecular flexibility index (Phi) is 4.12. The molecule has 0 aliphatic carbocycles. The molecule has 0 fully saturated rings. The number of hydrogen-bond donors (Lipinski definition) is 1. The molecule has 0 unspecified atom stereocenters. The van der Waals surface area contributed by atoms with Gasteiger partial charge >= 0.3 is 0 Å². The number of hydrogen-bond acceptors (Lipinski definition) is 4. The van der Waals surface area contributed by atoms with Gasteiger partial charge in [-0.15, -0.1) is 0 Å². The summed E-state index contributed by atoms with van der Waals surface area (Å²) < 4.78 is 1.49. The molecular formula is C17H15ClN4O. The van der Waals surface area contributed by atoms with E-state index in [1.165, 1.54) is 4.57 Å². The van der Waals surface area contributed by atoms with Crippen LogP contribution in [-0.2, 0) is 7.05 Å². The average Bonchev–Trinajstić information content (AvgIpc) is 2.59. The molecule has 0 radical (unpaired) electrons. The number of rotatable bonds is 3. The molecule has 1 aromatic carbocycles. The first-order valence-corrected chi connectivity index (χ1v) is 7.44. The maximum absolute atomic E-state index is 12.9. The quantitative estimate of drug-likeness (QED) is 0.803. The fraction of sp³-hybridized carbons (Fsp3) is 0.118. The number of aromatic nitrogens is 3. The second-order valence-corrected chi connectivity index (χ2v) is 5.45. The summed E-state index contributed by atoms with van der Waals surface area (Å²) in [5.41, 5.74) is 2.63. The smallest absolute Gasteiger partial charge is 0.263 e. The van der Waals surface area contributed by atoms with Crippen LogP contribution in [0.1, 0.15) is 0 Å². The zero-order valence-electron chi connectivity index (χ0n) is 12.7. The third-order valence-electron chi connectivity index (χ3n) is 3.60. The van der Waals surface area contributed by atoms with Gasteiger partial charge in [-0.25, -0.2) is 4.98 Å². The van der Waals surface area contributed by atoms with E-state index in [1.54, 1.807) is 38.6 Å². The number of benzene rings is 1. The minimum atomic E-state index is -0.126. The molecule has 3 aromatic rings. The van der Waals surface area contributed by atoms with Gasteiger partial charge in [0.1, 0.15) is 0 Å². The fourth-order valence-corrected chi connectivity index (χ4v) is 2.55. The zero-order valence-corrected chi connectivity index (χ0v) is 13.5. The number of nitrogens with one attached hydrogen (secondary N) is 1. The molecule has 116 valence electrons. The van der Waals surface area contributed by atoms with Crippen LogP contribution in [0.3, 0.4) is 0 Å². The summed E-state index contributed by atoms with van der Waals surface area (Å²) in [6, 6.07) is 10.8. The van der Waals surface area contributed by atoms with Crippen LogP contribution in [0, 0.1) is 0 Å². The van der Waals surface area contributed by atoms with E-state index < -0.39 is 0 Å². The van der Waals surface area contributed by atoms with Crippen LogP contribution in [0.25, 0.3) is 22.4 Å². The normalized spacial score (nSPS) is 10.6. The molecular weight excluding hydrogens is 312 g/mol. The third kappa shape index (κ3) is 2.83. The van der Waals surface area contributed by atoms with Crippen LogP contribution >= 0.6 is 11.6 Å². The zero-order chi connectivity index (χ0) is 16.4. The minimum absolute atomic E-state index is 0.126. The summed E-state index contributed by atoms with van der Waals surface area (Å²) in [4.78, 5) is 21.5. The molecule has 0 bridgehead atoms. The highest BCUT2D eigenvalue weighted by Crippen LogP contribution is 2.29. The van der Waals surface area contributed by atoms with Crippen molar-refractivity contribution in [3.8, 4) is 22.4 Å². The third-order valence-corrected chi connectivity index (χ3v) is 3.85. The first-order valence-electron chi connectivity index (χ1n) is 7.07. The highest BCUT2D eigenvalue weighted by atomic mass is 35.5. The summed E-state index contributed by atoms with van der Waals surface area (Å²) >= 11 is 5.96. The van der Waals surface area contributed by atoms with Crippen molar-refractivity contribution in [2.45, 2.75) is 0 Å². The summed E-state index contributed by atoms with van der Waals surface area (Å²) in [5, 5.41) is 3.57. The molecule has 0 amide bonds. The van der Waals surface area contributed by atoms with Crippen molar-refractivity contribution in [3.63, 3.8) is 0 Å². The van der Waals surface area contributed by atoms with Gasteiger partial charge in [0.05, 0.1) is 11.3 Å². The van der Waals surface area contributed by atoms with Crippen LogP contribution < -0.4 is 10.9 Å². The maximum atomic E-state index is 12.9. The molecule has 0 aliphatic rings. The standard InChI is InChI=1S/C17H15ClN4O/c1-19-17-21-15(12-7-9-20-10-8-12)14(16(23)22(17)2)11-3-5-13(18)6-4-11/h3-10H,1-2H3,(H,19,21). The predicted octanol–water partition coefficient (Wildman–Crippen LogP) is 3.20. The van der Waals surface area contributed by atoms with E-state index in [1.807, 2.05) is 24.3 Å². The van der Waals surface area contributed by atoms with Gasteiger partial charge in [0.15, 0.2) is 0 Å². The first kappa shape index (κ1) is 15.2. The Bertz CT molecular complexity index is 889. The van der Waals surface area contributed by atoms with Crippen molar-refractivity contribution in [1.82, 2.24) is 14.5 Å². The first-order chi connectivity index (χ1) is 11.1. The Hall–Kier alpha value is -2.66. The number of halogens is 1. The van der Waals surface area contributed by atoms with Crippen LogP contribution in [0.5, 0.6) is 0 Å². The van der Waals surface area contributed by atoms with E-state index in [4.69, 9.17) is 11.6 Å². The van der Waals surface area contributed by atoms with Crippen molar-refractivity contribution >= 4 is 17.5 Å². The maximum Gasteiger partial charge on any atom is 0.263 e. The molecule has 2 heterocycles. The molecule has 3 rings (SSSR count). The SMILES string of the molecule is CNc1nc(-c2ccncc2)c(-c2ccc(Cl)cc2)c(=O)n1C. The van der Waals surface area contributed by atoms with Crippen molar-refractivity contribution in [2.24, 2.45) is 7.05 Å². The van der Waals surface area contributed by atoms with Gasteiger partial charge in [-0.05, 0) is 29.8 Å². The summed E-state index contributed by atoms with van der Waals surface area (Å²) in [7, 11) is 3.43. The number of nitrogens with zero attached hydrogens (tertiary/aromatic N) is 3. The van der Waals surface area contributed by atoms with Crippen molar-refractivity contribution in [2.75, 3.05) is 12.4 Å². The summed E-state index contributed by atoms with van der Waals surface area (Å²) in [6.07, 6.45) is 3.36. The van der Waals surface area contributed by atoms with E-state index in [0.29, 0.717) is 22.2 Å². The van der Waals surface area contributed by atoms with E-state index in [0.717, 1.165) is 11.1 Å². The molecule has 0 spiro atoms. The molecule has 2 aromatic heterocycles. The Morgan fingerprint density at radius 3 is 2.30 bits per heavy atom. The molecule has 0 atom stereocenters. The molecule has 6 heteroatoms. The number of pyridine rings is 1. The average molecular weight is 327 g/mol. The summed E-state index contributed by atoms with van der Waals surface area (Å²) in [6.45, 7) is 0. The highest BCUT2D eigenvalue weighted by molar-refractivity contribution is 6.30. The number of anilines is 1. The van der Waals surface area contributed by atoms with E-state index in [2.05, 4.69) is 15.3 Å². The van der Waals surface area contributed by atoms with Crippen molar-refractivity contribution in [1.29, 1.82) is 0 Å². The van der Waals surface area contributed by atoms with Crippen LogP contribution in [0.2, 0.25) is 5.02 Å². The van der Waals surface area contributed by atoms with Gasteiger partial charge in [0.25, 0.3) is 5.56 Å². The second-order valence-electron chi connectivity index (χ2n) is 5.02.